The highest BCUT2D eigenvalue weighted by Crippen LogP contribution is 2.29. The van der Waals surface area contributed by atoms with Gasteiger partial charge in [0.2, 0.25) is 0 Å². The minimum atomic E-state index is -0.654. The molecule has 0 bridgehead atoms. The molecule has 8 heteroatoms. The maximum Gasteiger partial charge on any atom is 0.338 e. The highest BCUT2D eigenvalue weighted by atomic mass is 32.1. The fraction of sp³-hybridized carbons (Fsp3) is 0.350. The zero-order valence-corrected chi connectivity index (χ0v) is 16.8. The van der Waals surface area contributed by atoms with Crippen molar-refractivity contribution >= 4 is 28.2 Å². The van der Waals surface area contributed by atoms with E-state index in [9.17, 15) is 9.59 Å². The van der Waals surface area contributed by atoms with Crippen LogP contribution in [-0.2, 0) is 9.53 Å². The summed E-state index contributed by atoms with van der Waals surface area (Å²) in [6, 6.07) is 8.32. The maximum atomic E-state index is 12.3. The van der Waals surface area contributed by atoms with Gasteiger partial charge in [0.05, 0.1) is 24.3 Å². The molecule has 2 aromatic rings. The van der Waals surface area contributed by atoms with Gasteiger partial charge in [-0.2, -0.15) is 5.26 Å². The van der Waals surface area contributed by atoms with Crippen LogP contribution in [0.15, 0.2) is 29.6 Å². The Morgan fingerprint density at radius 2 is 2.00 bits per heavy atom. The van der Waals surface area contributed by atoms with Crippen LogP contribution < -0.4 is 14.8 Å². The Hall–Kier alpha value is -3.05. The minimum absolute atomic E-state index is 0.252. The Morgan fingerprint density at radius 1 is 1.21 bits per heavy atom. The van der Waals surface area contributed by atoms with Gasteiger partial charge in [-0.15, -0.1) is 11.3 Å². The molecule has 1 aromatic carbocycles. The lowest BCUT2D eigenvalue weighted by atomic mass is 10.2. The van der Waals surface area contributed by atoms with Gasteiger partial charge in [0.1, 0.15) is 11.1 Å². The van der Waals surface area contributed by atoms with E-state index in [-0.39, 0.29) is 5.56 Å². The summed E-state index contributed by atoms with van der Waals surface area (Å²) < 4.78 is 16.3. The topological polar surface area (TPSA) is 97.6 Å². The average Bonchev–Trinajstić information content (AvgIpc) is 3.12. The van der Waals surface area contributed by atoms with E-state index in [0.29, 0.717) is 41.2 Å². The summed E-state index contributed by atoms with van der Waals surface area (Å²) in [6.07, 6.45) is 0. The van der Waals surface area contributed by atoms with Crippen molar-refractivity contribution in [3.8, 4) is 17.6 Å². The van der Waals surface area contributed by atoms with Crippen LogP contribution >= 0.6 is 11.3 Å². The number of nitrogens with one attached hydrogen (secondary N) is 1. The summed E-state index contributed by atoms with van der Waals surface area (Å²) >= 11 is 1.22. The Bertz CT molecular complexity index is 870. The largest absolute Gasteiger partial charge is 0.490 e. The van der Waals surface area contributed by atoms with Crippen molar-refractivity contribution in [2.24, 2.45) is 5.92 Å². The van der Waals surface area contributed by atoms with E-state index in [0.717, 1.165) is 0 Å². The lowest BCUT2D eigenvalue weighted by Gasteiger charge is -2.14. The number of rotatable bonds is 9. The summed E-state index contributed by atoms with van der Waals surface area (Å²) in [5.74, 6) is 0.167. The van der Waals surface area contributed by atoms with Gasteiger partial charge in [0.15, 0.2) is 18.1 Å². The number of hydrogen-bond donors (Lipinski definition) is 1. The fourth-order valence-corrected chi connectivity index (χ4v) is 2.90. The number of esters is 1. The number of benzene rings is 1. The first-order chi connectivity index (χ1) is 13.4. The first-order valence-corrected chi connectivity index (χ1v) is 9.66. The number of carbonyl (C=O) groups is 2. The van der Waals surface area contributed by atoms with E-state index >= 15 is 0 Å². The van der Waals surface area contributed by atoms with Crippen LogP contribution in [0.5, 0.6) is 11.5 Å². The van der Waals surface area contributed by atoms with E-state index in [1.807, 2.05) is 26.8 Å². The van der Waals surface area contributed by atoms with Gasteiger partial charge in [-0.05, 0) is 42.5 Å². The molecule has 0 saturated carbocycles. The third-order valence-electron chi connectivity index (χ3n) is 3.42. The number of anilines is 1. The lowest BCUT2D eigenvalue weighted by molar-refractivity contribution is -0.119. The fourth-order valence-electron chi connectivity index (χ4n) is 2.15. The molecular formula is C20H22N2O5S. The molecule has 0 spiro atoms. The summed E-state index contributed by atoms with van der Waals surface area (Å²) in [7, 11) is 0. The Balaban J connectivity index is 1.98. The van der Waals surface area contributed by atoms with E-state index in [1.54, 1.807) is 23.6 Å². The summed E-state index contributed by atoms with van der Waals surface area (Å²) in [4.78, 5) is 24.2. The third-order valence-corrected chi connectivity index (χ3v) is 4.25. The Morgan fingerprint density at radius 3 is 2.68 bits per heavy atom. The molecule has 0 aliphatic rings. The van der Waals surface area contributed by atoms with Crippen LogP contribution in [0.25, 0.3) is 0 Å². The molecule has 0 unspecified atom stereocenters. The van der Waals surface area contributed by atoms with E-state index in [2.05, 4.69) is 5.32 Å². The zero-order valence-electron chi connectivity index (χ0n) is 16.0. The molecule has 1 heterocycles. The number of carbonyl (C=O) groups excluding carboxylic acids is 2. The number of amides is 1. The van der Waals surface area contributed by atoms with Crippen LogP contribution in [0.2, 0.25) is 0 Å². The van der Waals surface area contributed by atoms with Crippen molar-refractivity contribution in [2.45, 2.75) is 20.8 Å². The zero-order chi connectivity index (χ0) is 20.5. The Kier molecular flexibility index (Phi) is 7.84. The van der Waals surface area contributed by atoms with Crippen LogP contribution in [0, 0.1) is 17.2 Å². The molecular weight excluding hydrogens is 380 g/mol. The number of thiophene rings is 1. The minimum Gasteiger partial charge on any atom is -0.490 e. The normalized spacial score (nSPS) is 10.2. The number of nitriles is 1. The molecule has 1 N–H and O–H groups in total. The van der Waals surface area contributed by atoms with Crippen molar-refractivity contribution in [1.82, 2.24) is 0 Å². The first kappa shape index (κ1) is 21.3. The average molecular weight is 402 g/mol. The molecule has 28 heavy (non-hydrogen) atoms. The molecule has 0 atom stereocenters. The van der Waals surface area contributed by atoms with Gasteiger partial charge >= 0.3 is 5.97 Å². The van der Waals surface area contributed by atoms with Gasteiger partial charge < -0.3 is 19.5 Å². The molecule has 0 saturated heterocycles. The van der Waals surface area contributed by atoms with Crippen molar-refractivity contribution in [2.75, 3.05) is 25.1 Å². The molecule has 7 nitrogen and oxygen atoms in total. The number of nitrogens with zero attached hydrogens (tertiary/aromatic N) is 1. The highest BCUT2D eigenvalue weighted by Gasteiger charge is 2.15. The Labute approximate surface area is 167 Å². The molecule has 2 rings (SSSR count). The molecule has 0 aliphatic heterocycles. The van der Waals surface area contributed by atoms with Gasteiger partial charge in [-0.25, -0.2) is 4.79 Å². The van der Waals surface area contributed by atoms with Gasteiger partial charge in [0.25, 0.3) is 5.91 Å². The summed E-state index contributed by atoms with van der Waals surface area (Å²) in [5.41, 5.74) is 0.616. The van der Waals surface area contributed by atoms with Crippen molar-refractivity contribution < 1.29 is 23.8 Å². The van der Waals surface area contributed by atoms with Crippen LogP contribution in [0.1, 0.15) is 36.7 Å². The smallest absolute Gasteiger partial charge is 0.338 e. The number of hydrogen-bond acceptors (Lipinski definition) is 7. The number of ether oxygens (including phenoxy) is 3. The van der Waals surface area contributed by atoms with Crippen LogP contribution in [0.3, 0.4) is 0 Å². The SMILES string of the molecule is CCOc1cc(C(=O)OCC(=O)Nc2sccc2C#N)ccc1OCC(C)C. The van der Waals surface area contributed by atoms with Crippen molar-refractivity contribution in [1.29, 1.82) is 5.26 Å². The molecule has 0 fully saturated rings. The summed E-state index contributed by atoms with van der Waals surface area (Å²) in [5, 5.41) is 13.6. The first-order valence-electron chi connectivity index (χ1n) is 8.78. The predicted octanol–water partition coefficient (Wildman–Crippen LogP) is 3.85. The second-order valence-electron chi connectivity index (χ2n) is 6.20. The van der Waals surface area contributed by atoms with E-state index in [4.69, 9.17) is 19.5 Å². The highest BCUT2D eigenvalue weighted by molar-refractivity contribution is 7.14. The molecule has 1 aromatic heterocycles. The van der Waals surface area contributed by atoms with E-state index in [1.165, 1.54) is 17.4 Å². The standard InChI is InChI=1S/C20H22N2O5S/c1-4-25-17-9-14(5-6-16(17)26-11-13(2)3)20(24)27-12-18(23)22-19-15(10-21)7-8-28-19/h5-9,13H,4,11-12H2,1-3H3,(H,22,23). The monoisotopic (exact) mass is 402 g/mol. The second kappa shape index (κ2) is 10.3. The molecule has 0 aliphatic carbocycles. The van der Waals surface area contributed by atoms with Crippen LogP contribution in [0.4, 0.5) is 5.00 Å². The van der Waals surface area contributed by atoms with Gasteiger partial charge in [-0.3, -0.25) is 4.79 Å². The van der Waals surface area contributed by atoms with Crippen LogP contribution in [-0.4, -0.2) is 31.7 Å². The van der Waals surface area contributed by atoms with Crippen molar-refractivity contribution in [3.05, 3.63) is 40.8 Å². The van der Waals surface area contributed by atoms with Gasteiger partial charge in [0, 0.05) is 0 Å². The van der Waals surface area contributed by atoms with E-state index < -0.39 is 18.5 Å². The quantitative estimate of drug-likeness (QED) is 0.640. The van der Waals surface area contributed by atoms with Crippen molar-refractivity contribution in [3.63, 3.8) is 0 Å². The predicted molar refractivity (Wildman–Crippen MR) is 106 cm³/mol. The molecule has 1 amide bonds. The molecule has 0 radical (unpaired) electrons. The third kappa shape index (κ3) is 5.99. The molecule has 148 valence electrons. The lowest BCUT2D eigenvalue weighted by Crippen LogP contribution is -2.20. The van der Waals surface area contributed by atoms with Gasteiger partial charge in [-0.1, -0.05) is 13.8 Å². The maximum absolute atomic E-state index is 12.3. The second-order valence-corrected chi connectivity index (χ2v) is 7.12. The summed E-state index contributed by atoms with van der Waals surface area (Å²) in [6.45, 7) is 6.39.